The van der Waals surface area contributed by atoms with Crippen molar-refractivity contribution in [2.45, 2.75) is 0 Å². The van der Waals surface area contributed by atoms with Gasteiger partial charge >= 0.3 is 0 Å². The van der Waals surface area contributed by atoms with Gasteiger partial charge in [0.2, 0.25) is 0 Å². The third-order valence-electron chi connectivity index (χ3n) is 2.92. The minimum atomic E-state index is 0.753. The average Bonchev–Trinajstić information content (AvgIpc) is 2.49. The summed E-state index contributed by atoms with van der Waals surface area (Å²) in [6.45, 7) is 0. The maximum absolute atomic E-state index is 4.31. The zero-order valence-electron chi connectivity index (χ0n) is 10.6. The number of hydrazine groups is 1. The van der Waals surface area contributed by atoms with E-state index in [0.29, 0.717) is 0 Å². The number of rotatable bonds is 2. The van der Waals surface area contributed by atoms with Gasteiger partial charge in [-0.3, -0.25) is 10.4 Å². The second kappa shape index (κ2) is 4.94. The van der Waals surface area contributed by atoms with Crippen molar-refractivity contribution in [3.63, 3.8) is 0 Å². The number of nitrogens with one attached hydrogen (secondary N) is 1. The summed E-state index contributed by atoms with van der Waals surface area (Å²) in [5.41, 5.74) is 5.29. The van der Waals surface area contributed by atoms with Gasteiger partial charge in [0.15, 0.2) is 11.7 Å². The predicted octanol–water partition coefficient (Wildman–Crippen LogP) is 2.25. The van der Waals surface area contributed by atoms with E-state index >= 15 is 0 Å². The highest BCUT2D eigenvalue weighted by atomic mass is 15.6. The molecule has 0 spiro atoms. The molecule has 19 heavy (non-hydrogen) atoms. The average molecular weight is 250 g/mol. The van der Waals surface area contributed by atoms with Crippen LogP contribution >= 0.6 is 0 Å². The highest BCUT2D eigenvalue weighted by Crippen LogP contribution is 2.09. The molecule has 4 nitrogen and oxygen atoms in total. The van der Waals surface area contributed by atoms with Crippen LogP contribution in [0.25, 0.3) is 0 Å². The summed E-state index contributed by atoms with van der Waals surface area (Å²) in [5.74, 6) is 1.56. The second-order valence-electron chi connectivity index (χ2n) is 4.28. The fourth-order valence-corrected chi connectivity index (χ4v) is 1.96. The standard InChI is InChI=1S/C15H14N4/c1-19-15(13-10-6-3-7-11-13)17-16-14(18-19)12-8-4-2-5-9-12/h2-11H,1H3,(H,16,18). The SMILES string of the molecule is CN1NC(c2ccccc2)=NN=C1c1ccccc1. The summed E-state index contributed by atoms with van der Waals surface area (Å²) in [4.78, 5) is 0. The number of hydrogen-bond donors (Lipinski definition) is 1. The molecular formula is C15H14N4. The van der Waals surface area contributed by atoms with Crippen molar-refractivity contribution >= 4 is 11.7 Å². The molecule has 2 aromatic rings. The van der Waals surface area contributed by atoms with Crippen molar-refractivity contribution in [1.29, 1.82) is 0 Å². The molecule has 1 N–H and O–H groups in total. The van der Waals surface area contributed by atoms with Crippen LogP contribution in [0.2, 0.25) is 0 Å². The van der Waals surface area contributed by atoms with Gasteiger partial charge in [-0.1, -0.05) is 60.7 Å². The maximum atomic E-state index is 4.31. The Balaban J connectivity index is 1.94. The first-order valence-corrected chi connectivity index (χ1v) is 6.11. The largest absolute Gasteiger partial charge is 0.279 e. The van der Waals surface area contributed by atoms with Crippen LogP contribution in [0.4, 0.5) is 0 Å². The molecule has 0 bridgehead atoms. The fourth-order valence-electron chi connectivity index (χ4n) is 1.96. The lowest BCUT2D eigenvalue weighted by atomic mass is 10.2. The minimum Gasteiger partial charge on any atom is -0.279 e. The summed E-state index contributed by atoms with van der Waals surface area (Å²) in [6, 6.07) is 19.9. The van der Waals surface area contributed by atoms with E-state index in [-0.39, 0.29) is 0 Å². The monoisotopic (exact) mass is 250 g/mol. The van der Waals surface area contributed by atoms with Gasteiger partial charge in [0.1, 0.15) is 0 Å². The van der Waals surface area contributed by atoms with Gasteiger partial charge in [-0.05, 0) is 0 Å². The Morgan fingerprint density at radius 3 is 1.95 bits per heavy atom. The van der Waals surface area contributed by atoms with Crippen LogP contribution in [0.1, 0.15) is 11.1 Å². The molecule has 0 aromatic heterocycles. The second-order valence-corrected chi connectivity index (χ2v) is 4.28. The summed E-state index contributed by atoms with van der Waals surface area (Å²) in [7, 11) is 1.93. The molecule has 1 aliphatic heterocycles. The van der Waals surface area contributed by atoms with E-state index < -0.39 is 0 Å². The van der Waals surface area contributed by atoms with Crippen LogP contribution < -0.4 is 5.43 Å². The Labute approximate surface area is 112 Å². The summed E-state index contributed by atoms with van der Waals surface area (Å²) in [5, 5.41) is 10.4. The number of amidine groups is 2. The van der Waals surface area contributed by atoms with E-state index in [0.717, 1.165) is 22.8 Å². The van der Waals surface area contributed by atoms with Gasteiger partial charge in [-0.25, -0.2) is 0 Å². The van der Waals surface area contributed by atoms with Crippen molar-refractivity contribution < 1.29 is 0 Å². The molecule has 3 rings (SSSR count). The maximum Gasteiger partial charge on any atom is 0.176 e. The Kier molecular flexibility index (Phi) is 2.98. The molecule has 0 unspecified atom stereocenters. The lowest BCUT2D eigenvalue weighted by Gasteiger charge is -2.26. The van der Waals surface area contributed by atoms with Crippen molar-refractivity contribution in [2.75, 3.05) is 7.05 Å². The molecule has 0 fully saturated rings. The molecule has 0 saturated carbocycles. The highest BCUT2D eigenvalue weighted by molar-refractivity contribution is 6.05. The zero-order chi connectivity index (χ0) is 13.1. The summed E-state index contributed by atoms with van der Waals surface area (Å²) < 4.78 is 0. The van der Waals surface area contributed by atoms with Crippen molar-refractivity contribution in [2.24, 2.45) is 10.2 Å². The minimum absolute atomic E-state index is 0.753. The van der Waals surface area contributed by atoms with E-state index in [1.54, 1.807) is 0 Å². The first-order chi connectivity index (χ1) is 9.34. The molecule has 1 aliphatic rings. The number of benzene rings is 2. The van der Waals surface area contributed by atoms with Crippen molar-refractivity contribution in [1.82, 2.24) is 10.4 Å². The summed E-state index contributed by atoms with van der Waals surface area (Å²) >= 11 is 0. The Bertz CT molecular complexity index is 617. The van der Waals surface area contributed by atoms with E-state index in [9.17, 15) is 0 Å². The lowest BCUT2D eigenvalue weighted by Crippen LogP contribution is -2.46. The van der Waals surface area contributed by atoms with Crippen LogP contribution in [-0.4, -0.2) is 23.7 Å². The number of nitrogens with zero attached hydrogens (tertiary/aromatic N) is 3. The molecule has 94 valence electrons. The predicted molar refractivity (Wildman–Crippen MR) is 76.9 cm³/mol. The van der Waals surface area contributed by atoms with E-state index in [2.05, 4.69) is 15.6 Å². The lowest BCUT2D eigenvalue weighted by molar-refractivity contribution is 0.447. The molecule has 4 heteroatoms. The Morgan fingerprint density at radius 2 is 1.37 bits per heavy atom. The van der Waals surface area contributed by atoms with Gasteiger partial charge in [0, 0.05) is 18.2 Å². The van der Waals surface area contributed by atoms with E-state index in [1.807, 2.05) is 72.7 Å². The molecule has 1 heterocycles. The fraction of sp³-hybridized carbons (Fsp3) is 0.0667. The van der Waals surface area contributed by atoms with Gasteiger partial charge in [-0.15, -0.1) is 10.2 Å². The quantitative estimate of drug-likeness (QED) is 0.888. The molecule has 0 saturated heterocycles. The Morgan fingerprint density at radius 1 is 0.789 bits per heavy atom. The molecule has 0 aliphatic carbocycles. The van der Waals surface area contributed by atoms with Crippen molar-refractivity contribution in [3.05, 3.63) is 71.8 Å². The molecule has 2 aromatic carbocycles. The van der Waals surface area contributed by atoms with Gasteiger partial charge < -0.3 is 0 Å². The molecule has 0 amide bonds. The van der Waals surface area contributed by atoms with Gasteiger partial charge in [-0.2, -0.15) is 0 Å². The zero-order valence-corrected chi connectivity index (χ0v) is 10.6. The first-order valence-electron chi connectivity index (χ1n) is 6.11. The van der Waals surface area contributed by atoms with Crippen LogP contribution in [0.15, 0.2) is 70.9 Å². The smallest absolute Gasteiger partial charge is 0.176 e. The summed E-state index contributed by atoms with van der Waals surface area (Å²) in [6.07, 6.45) is 0. The van der Waals surface area contributed by atoms with Crippen molar-refractivity contribution in [3.8, 4) is 0 Å². The normalized spacial score (nSPS) is 14.5. The molecule has 0 radical (unpaired) electrons. The van der Waals surface area contributed by atoms with Crippen LogP contribution in [0.5, 0.6) is 0 Å². The van der Waals surface area contributed by atoms with Gasteiger partial charge in [0.05, 0.1) is 0 Å². The van der Waals surface area contributed by atoms with Crippen LogP contribution in [0, 0.1) is 0 Å². The highest BCUT2D eigenvalue weighted by Gasteiger charge is 2.16. The third kappa shape index (κ3) is 2.33. The third-order valence-corrected chi connectivity index (χ3v) is 2.92. The van der Waals surface area contributed by atoms with E-state index in [1.165, 1.54) is 0 Å². The molecular weight excluding hydrogens is 236 g/mol. The first kappa shape index (κ1) is 11.5. The van der Waals surface area contributed by atoms with Crippen LogP contribution in [0.3, 0.4) is 0 Å². The topological polar surface area (TPSA) is 40.0 Å². The molecule has 0 atom stereocenters. The number of hydrogen-bond acceptors (Lipinski definition) is 4. The van der Waals surface area contributed by atoms with E-state index in [4.69, 9.17) is 0 Å². The van der Waals surface area contributed by atoms with Crippen LogP contribution in [-0.2, 0) is 0 Å². The Hall–Kier alpha value is -2.62. The van der Waals surface area contributed by atoms with Gasteiger partial charge in [0.25, 0.3) is 0 Å².